The summed E-state index contributed by atoms with van der Waals surface area (Å²) in [5, 5.41) is 15.7. The molecule has 3 N–H and O–H groups in total. The molecule has 0 unspecified atom stereocenters. The second kappa shape index (κ2) is 13.1. The lowest BCUT2D eigenvalue weighted by molar-refractivity contribution is 0.0277. The molecule has 2 rings (SSSR count). The predicted molar refractivity (Wildman–Crippen MR) is 114 cm³/mol. The Morgan fingerprint density at radius 3 is 2.73 bits per heavy atom. The fraction of sp³-hybridized carbons (Fsp3) is 0.632. The summed E-state index contributed by atoms with van der Waals surface area (Å²) >= 11 is 0. The molecule has 0 amide bonds. The Morgan fingerprint density at radius 1 is 1.27 bits per heavy atom. The quantitative estimate of drug-likeness (QED) is 0.229. The van der Waals surface area contributed by atoms with Crippen molar-refractivity contribution in [3.8, 4) is 5.75 Å². The lowest BCUT2D eigenvalue weighted by atomic mass is 9.98. The number of hydrogen-bond acceptors (Lipinski definition) is 3. The minimum absolute atomic E-state index is 0. The largest absolute Gasteiger partial charge is 0.505 e. The van der Waals surface area contributed by atoms with Crippen LogP contribution in [0.5, 0.6) is 5.75 Å². The van der Waals surface area contributed by atoms with E-state index in [1.54, 1.807) is 6.07 Å². The van der Waals surface area contributed by atoms with Crippen LogP contribution >= 0.6 is 24.0 Å². The first-order valence-electron chi connectivity index (χ1n) is 9.30. The van der Waals surface area contributed by atoms with Crippen molar-refractivity contribution in [1.82, 2.24) is 10.6 Å². The molecule has 5 nitrogen and oxygen atoms in total. The first kappa shape index (κ1) is 23.0. The normalized spacial score (nSPS) is 15.4. The molecule has 1 aliphatic carbocycles. The van der Waals surface area contributed by atoms with Crippen molar-refractivity contribution >= 4 is 29.9 Å². The Bertz CT molecular complexity index is 552. The topological polar surface area (TPSA) is 65.9 Å². The molecular formula is C19H31FIN3O2. The molecule has 148 valence electrons. The molecule has 0 radical (unpaired) electrons. The third-order valence-electron chi connectivity index (χ3n) is 4.30. The fourth-order valence-electron chi connectivity index (χ4n) is 2.92. The summed E-state index contributed by atoms with van der Waals surface area (Å²) in [6, 6.07) is 4.33. The lowest BCUT2D eigenvalue weighted by Gasteiger charge is -2.22. The van der Waals surface area contributed by atoms with E-state index in [2.05, 4.69) is 15.6 Å². The number of nitrogens with one attached hydrogen (secondary N) is 2. The Morgan fingerprint density at radius 2 is 2.04 bits per heavy atom. The van der Waals surface area contributed by atoms with E-state index in [0.717, 1.165) is 26.1 Å². The van der Waals surface area contributed by atoms with Crippen LogP contribution in [0.3, 0.4) is 0 Å². The summed E-state index contributed by atoms with van der Waals surface area (Å²) in [6.07, 6.45) is 7.68. The lowest BCUT2D eigenvalue weighted by Crippen LogP contribution is -2.38. The maximum Gasteiger partial charge on any atom is 0.191 e. The maximum atomic E-state index is 13.3. The van der Waals surface area contributed by atoms with Gasteiger partial charge in [0.15, 0.2) is 17.5 Å². The van der Waals surface area contributed by atoms with Crippen LogP contribution < -0.4 is 10.6 Å². The zero-order valence-electron chi connectivity index (χ0n) is 15.5. The van der Waals surface area contributed by atoms with Gasteiger partial charge in [-0.1, -0.05) is 25.3 Å². The van der Waals surface area contributed by atoms with Crippen LogP contribution in [-0.4, -0.2) is 36.9 Å². The standard InChI is InChI=1S/C19H30FN3O2.HI/c1-2-21-19(23-14-15-9-10-18(24)17(20)13-15)22-11-6-12-25-16-7-4-3-5-8-16;/h9-10,13,16,24H,2-8,11-12,14H2,1H3,(H2,21,22,23);1H. The third kappa shape index (κ3) is 8.53. The zero-order valence-corrected chi connectivity index (χ0v) is 17.8. The molecule has 1 aromatic rings. The van der Waals surface area contributed by atoms with Gasteiger partial charge in [0.25, 0.3) is 0 Å². The van der Waals surface area contributed by atoms with Crippen LogP contribution in [-0.2, 0) is 11.3 Å². The van der Waals surface area contributed by atoms with Crippen molar-refractivity contribution in [2.75, 3.05) is 19.7 Å². The molecule has 7 heteroatoms. The van der Waals surface area contributed by atoms with E-state index in [0.29, 0.717) is 24.2 Å². The maximum absolute atomic E-state index is 13.3. The van der Waals surface area contributed by atoms with Gasteiger partial charge in [0, 0.05) is 19.7 Å². The third-order valence-corrected chi connectivity index (χ3v) is 4.30. The molecule has 0 heterocycles. The molecule has 0 atom stereocenters. The number of phenols is 1. The molecule has 1 saturated carbocycles. The zero-order chi connectivity index (χ0) is 17.9. The van der Waals surface area contributed by atoms with E-state index in [-0.39, 0.29) is 29.7 Å². The number of phenolic OH excluding ortho intramolecular Hbond substituents is 1. The van der Waals surface area contributed by atoms with Gasteiger partial charge in [0.1, 0.15) is 0 Å². The van der Waals surface area contributed by atoms with Gasteiger partial charge >= 0.3 is 0 Å². The Kier molecular flexibility index (Phi) is 11.6. The van der Waals surface area contributed by atoms with E-state index in [1.165, 1.54) is 44.2 Å². The molecule has 1 fully saturated rings. The highest BCUT2D eigenvalue weighted by Crippen LogP contribution is 2.20. The van der Waals surface area contributed by atoms with Gasteiger partial charge in [0.05, 0.1) is 12.6 Å². The van der Waals surface area contributed by atoms with Crippen molar-refractivity contribution in [3.63, 3.8) is 0 Å². The first-order chi connectivity index (χ1) is 12.2. The van der Waals surface area contributed by atoms with Crippen LogP contribution in [0.25, 0.3) is 0 Å². The molecule has 0 spiro atoms. The molecular weight excluding hydrogens is 448 g/mol. The number of benzene rings is 1. The smallest absolute Gasteiger partial charge is 0.191 e. The van der Waals surface area contributed by atoms with Crippen molar-refractivity contribution in [2.24, 2.45) is 4.99 Å². The minimum atomic E-state index is -0.620. The van der Waals surface area contributed by atoms with Gasteiger partial charge in [-0.25, -0.2) is 9.38 Å². The number of aromatic hydroxyl groups is 1. The summed E-state index contributed by atoms with van der Waals surface area (Å²) in [5.41, 5.74) is 0.716. The number of aliphatic imine (C=N–C) groups is 1. The Hall–Kier alpha value is -1.09. The van der Waals surface area contributed by atoms with Crippen molar-refractivity contribution in [3.05, 3.63) is 29.6 Å². The summed E-state index contributed by atoms with van der Waals surface area (Å²) < 4.78 is 19.3. The van der Waals surface area contributed by atoms with Gasteiger partial charge < -0.3 is 20.5 Å². The fourth-order valence-corrected chi connectivity index (χ4v) is 2.92. The molecule has 1 aliphatic rings. The van der Waals surface area contributed by atoms with E-state index >= 15 is 0 Å². The number of rotatable bonds is 8. The monoisotopic (exact) mass is 479 g/mol. The summed E-state index contributed by atoms with van der Waals surface area (Å²) in [5.74, 6) is -0.255. The second-order valence-electron chi connectivity index (χ2n) is 6.39. The van der Waals surface area contributed by atoms with Gasteiger partial charge in [-0.05, 0) is 43.9 Å². The molecule has 0 aromatic heterocycles. The number of ether oxygens (including phenoxy) is 1. The molecule has 26 heavy (non-hydrogen) atoms. The van der Waals surface area contributed by atoms with Gasteiger partial charge in [-0.2, -0.15) is 0 Å². The summed E-state index contributed by atoms with van der Waals surface area (Å²) in [6.45, 7) is 4.66. The second-order valence-corrected chi connectivity index (χ2v) is 6.39. The van der Waals surface area contributed by atoms with Crippen LogP contribution in [0, 0.1) is 5.82 Å². The van der Waals surface area contributed by atoms with Crippen LogP contribution in [0.4, 0.5) is 4.39 Å². The SMILES string of the molecule is CCNC(=NCc1ccc(O)c(F)c1)NCCCOC1CCCCC1.I. The predicted octanol–water partition coefficient (Wildman–Crippen LogP) is 3.94. The van der Waals surface area contributed by atoms with Crippen LogP contribution in [0.2, 0.25) is 0 Å². The number of hydrogen-bond donors (Lipinski definition) is 3. The highest BCUT2D eigenvalue weighted by Gasteiger charge is 2.12. The minimum Gasteiger partial charge on any atom is -0.505 e. The van der Waals surface area contributed by atoms with Crippen LogP contribution in [0.15, 0.2) is 23.2 Å². The molecule has 1 aromatic carbocycles. The van der Waals surface area contributed by atoms with Crippen molar-refractivity contribution in [2.45, 2.75) is 58.1 Å². The summed E-state index contributed by atoms with van der Waals surface area (Å²) in [7, 11) is 0. The average molecular weight is 479 g/mol. The van der Waals surface area contributed by atoms with E-state index in [9.17, 15) is 9.50 Å². The number of halogens is 2. The van der Waals surface area contributed by atoms with Crippen LogP contribution in [0.1, 0.15) is 51.0 Å². The summed E-state index contributed by atoms with van der Waals surface area (Å²) in [4.78, 5) is 4.45. The first-order valence-corrected chi connectivity index (χ1v) is 9.30. The van der Waals surface area contributed by atoms with E-state index < -0.39 is 5.82 Å². The molecule has 0 aliphatic heterocycles. The molecule has 0 bridgehead atoms. The van der Waals surface area contributed by atoms with Gasteiger partial charge in [-0.15, -0.1) is 24.0 Å². The number of nitrogens with zero attached hydrogens (tertiary/aromatic N) is 1. The highest BCUT2D eigenvalue weighted by molar-refractivity contribution is 14.0. The average Bonchev–Trinajstić information content (AvgIpc) is 2.63. The molecule has 0 saturated heterocycles. The van der Waals surface area contributed by atoms with E-state index in [4.69, 9.17) is 4.74 Å². The van der Waals surface area contributed by atoms with Crippen molar-refractivity contribution < 1.29 is 14.2 Å². The van der Waals surface area contributed by atoms with Crippen molar-refractivity contribution in [1.29, 1.82) is 0 Å². The van der Waals surface area contributed by atoms with E-state index in [1.807, 2.05) is 6.92 Å². The van der Waals surface area contributed by atoms with Gasteiger partial charge in [-0.3, -0.25) is 0 Å². The Labute approximate surface area is 172 Å². The highest BCUT2D eigenvalue weighted by atomic mass is 127. The Balaban J connectivity index is 0.00000338. The van der Waals surface area contributed by atoms with Gasteiger partial charge in [0.2, 0.25) is 0 Å². The number of guanidine groups is 1.